The van der Waals surface area contributed by atoms with Crippen LogP contribution in [-0.4, -0.2) is 42.8 Å². The van der Waals surface area contributed by atoms with Gasteiger partial charge in [-0.3, -0.25) is 4.55 Å². The zero-order valence-electron chi connectivity index (χ0n) is 25.5. The molecule has 0 radical (unpaired) electrons. The molecular formula is C32H35F4O7S2+. The van der Waals surface area contributed by atoms with E-state index in [1.54, 1.807) is 32.9 Å². The van der Waals surface area contributed by atoms with E-state index in [4.69, 9.17) is 14.0 Å². The minimum Gasteiger partial charge on any atom is -0.421 e. The summed E-state index contributed by atoms with van der Waals surface area (Å²) in [5.41, 5.74) is 1.48. The molecule has 0 amide bonds. The summed E-state index contributed by atoms with van der Waals surface area (Å²) in [5.74, 6) is -7.93. The van der Waals surface area contributed by atoms with Gasteiger partial charge in [0.15, 0.2) is 20.5 Å². The van der Waals surface area contributed by atoms with Crippen LogP contribution in [0, 0.1) is 5.92 Å². The van der Waals surface area contributed by atoms with Crippen LogP contribution in [0.1, 0.15) is 52.7 Å². The molecule has 0 saturated carbocycles. The van der Waals surface area contributed by atoms with E-state index in [1.807, 2.05) is 36.4 Å². The van der Waals surface area contributed by atoms with Crippen molar-refractivity contribution in [1.82, 2.24) is 0 Å². The summed E-state index contributed by atoms with van der Waals surface area (Å²) in [6.45, 7) is 10.3. The van der Waals surface area contributed by atoms with Crippen LogP contribution in [0.15, 0.2) is 87.5 Å². The predicted molar refractivity (Wildman–Crippen MR) is 160 cm³/mol. The first-order valence-corrected chi connectivity index (χ1v) is 16.6. The molecular weight excluding hydrogens is 636 g/mol. The summed E-state index contributed by atoms with van der Waals surface area (Å²) < 4.78 is 103. The second kappa shape index (κ2) is 12.3. The Morgan fingerprint density at radius 3 is 2.04 bits per heavy atom. The van der Waals surface area contributed by atoms with Crippen LogP contribution in [0.5, 0.6) is 5.75 Å². The van der Waals surface area contributed by atoms with Gasteiger partial charge in [-0.15, -0.1) is 0 Å². The number of esters is 1. The maximum absolute atomic E-state index is 14.6. The zero-order chi connectivity index (χ0) is 33.6. The van der Waals surface area contributed by atoms with E-state index in [1.165, 1.54) is 24.3 Å². The highest BCUT2D eigenvalue weighted by Gasteiger charge is 2.55. The van der Waals surface area contributed by atoms with Gasteiger partial charge < -0.3 is 14.2 Å². The number of hydrogen-bond acceptors (Lipinski definition) is 6. The smallest absolute Gasteiger partial charge is 0.421 e. The number of alkyl halides is 4. The number of halogens is 4. The van der Waals surface area contributed by atoms with Crippen molar-refractivity contribution in [3.8, 4) is 5.75 Å². The third-order valence-corrected chi connectivity index (χ3v) is 10.3. The molecule has 0 spiro atoms. The zero-order valence-corrected chi connectivity index (χ0v) is 27.1. The largest absolute Gasteiger partial charge is 0.466 e. The minimum atomic E-state index is -6.03. The molecule has 0 bridgehead atoms. The number of carbonyl (C=O) groups is 1. The van der Waals surface area contributed by atoms with Gasteiger partial charge in [0.25, 0.3) is 5.92 Å². The van der Waals surface area contributed by atoms with Crippen LogP contribution >= 0.6 is 0 Å². The van der Waals surface area contributed by atoms with Gasteiger partial charge >= 0.3 is 21.3 Å². The van der Waals surface area contributed by atoms with E-state index in [0.717, 1.165) is 15.4 Å². The third kappa shape index (κ3) is 7.38. The highest BCUT2D eigenvalue weighted by atomic mass is 32.2. The van der Waals surface area contributed by atoms with Gasteiger partial charge in [-0.1, -0.05) is 58.9 Å². The summed E-state index contributed by atoms with van der Waals surface area (Å²) in [7, 11) is -6.88. The molecule has 1 fully saturated rings. The van der Waals surface area contributed by atoms with Gasteiger partial charge in [0.05, 0.1) is 10.9 Å². The molecule has 1 heterocycles. The highest BCUT2D eigenvalue weighted by Crippen LogP contribution is 2.43. The maximum Gasteiger partial charge on any atom is 0.466 e. The molecule has 0 aliphatic carbocycles. The molecule has 7 nitrogen and oxygen atoms in total. The van der Waals surface area contributed by atoms with Crippen LogP contribution in [0.25, 0.3) is 0 Å². The monoisotopic (exact) mass is 671 g/mol. The summed E-state index contributed by atoms with van der Waals surface area (Å²) in [6.07, 6.45) is -1.37. The van der Waals surface area contributed by atoms with Crippen molar-refractivity contribution in [2.24, 2.45) is 5.92 Å². The Hall–Kier alpha value is -2.97. The molecule has 1 aliphatic rings. The van der Waals surface area contributed by atoms with Gasteiger partial charge in [0.2, 0.25) is 0 Å². The van der Waals surface area contributed by atoms with Gasteiger partial charge in [-0.05, 0) is 66.3 Å². The van der Waals surface area contributed by atoms with Crippen LogP contribution in [0.2, 0.25) is 0 Å². The molecule has 13 heteroatoms. The van der Waals surface area contributed by atoms with Crippen LogP contribution in [-0.2, 0) is 46.5 Å². The van der Waals surface area contributed by atoms with Crippen molar-refractivity contribution in [1.29, 1.82) is 0 Å². The molecule has 3 unspecified atom stereocenters. The third-order valence-electron chi connectivity index (χ3n) is 7.30. The summed E-state index contributed by atoms with van der Waals surface area (Å²) >= 11 is 0. The Labute approximate surface area is 263 Å². The van der Waals surface area contributed by atoms with Crippen LogP contribution < -0.4 is 4.74 Å². The number of ether oxygens (including phenoxy) is 3. The van der Waals surface area contributed by atoms with E-state index < -0.39 is 62.6 Å². The second-order valence-corrected chi connectivity index (χ2v) is 15.7. The lowest BCUT2D eigenvalue weighted by Crippen LogP contribution is -2.54. The molecule has 3 aromatic rings. The fourth-order valence-corrected chi connectivity index (χ4v) is 7.12. The minimum absolute atomic E-state index is 0.119. The first-order valence-electron chi connectivity index (χ1n) is 14.0. The van der Waals surface area contributed by atoms with E-state index in [2.05, 4.69) is 25.5 Å². The lowest BCUT2D eigenvalue weighted by molar-refractivity contribution is -0.368. The lowest BCUT2D eigenvalue weighted by Gasteiger charge is -2.44. The Morgan fingerprint density at radius 1 is 0.978 bits per heavy atom. The van der Waals surface area contributed by atoms with Crippen molar-refractivity contribution < 1.29 is 49.5 Å². The Kier molecular flexibility index (Phi) is 9.56. The SMILES string of the molecule is CC(C)C1OC(C)(c2cccc([S+](c3ccc(OC(=O)C(F)(F)S(=O)(=O)O)cc3)c3ccc(C(C)(C)C)cc3)c2)OCC1(F)F. The Morgan fingerprint density at radius 2 is 1.53 bits per heavy atom. The highest BCUT2D eigenvalue weighted by molar-refractivity contribution is 7.97. The molecule has 3 atom stereocenters. The Bertz CT molecular complexity index is 1640. The Balaban J connectivity index is 1.75. The van der Waals surface area contributed by atoms with E-state index >= 15 is 0 Å². The van der Waals surface area contributed by atoms with Gasteiger partial charge in [0.1, 0.15) is 18.5 Å². The van der Waals surface area contributed by atoms with E-state index in [0.29, 0.717) is 10.5 Å². The molecule has 45 heavy (non-hydrogen) atoms. The molecule has 1 aliphatic heterocycles. The molecule has 1 saturated heterocycles. The summed E-state index contributed by atoms with van der Waals surface area (Å²) in [5, 5.41) is -5.15. The first kappa shape index (κ1) is 34.9. The molecule has 1 N–H and O–H groups in total. The second-order valence-electron chi connectivity index (χ2n) is 12.2. The van der Waals surface area contributed by atoms with Crippen molar-refractivity contribution in [2.75, 3.05) is 6.61 Å². The molecule has 0 aromatic heterocycles. The normalized spacial score (nSPS) is 21.4. The van der Waals surface area contributed by atoms with Crippen LogP contribution in [0.4, 0.5) is 17.6 Å². The average molecular weight is 672 g/mol. The fourth-order valence-electron chi connectivity index (χ4n) is 4.77. The molecule has 4 rings (SSSR count). The number of carbonyl (C=O) groups excluding carboxylic acids is 1. The first-order chi connectivity index (χ1) is 20.7. The number of rotatable bonds is 8. The van der Waals surface area contributed by atoms with Crippen molar-refractivity contribution in [3.05, 3.63) is 83.9 Å². The van der Waals surface area contributed by atoms with Gasteiger partial charge in [-0.2, -0.15) is 17.2 Å². The lowest BCUT2D eigenvalue weighted by atomic mass is 9.87. The predicted octanol–water partition coefficient (Wildman–Crippen LogP) is 7.34. The average Bonchev–Trinajstić information content (AvgIpc) is 2.95. The summed E-state index contributed by atoms with van der Waals surface area (Å²) in [4.78, 5) is 14.1. The molecule has 244 valence electrons. The topological polar surface area (TPSA) is 99.1 Å². The van der Waals surface area contributed by atoms with Crippen molar-refractivity contribution in [2.45, 2.75) is 84.7 Å². The van der Waals surface area contributed by atoms with Crippen molar-refractivity contribution in [3.63, 3.8) is 0 Å². The fraction of sp³-hybridized carbons (Fsp3) is 0.406. The van der Waals surface area contributed by atoms with Crippen molar-refractivity contribution >= 4 is 27.0 Å². The molecule has 3 aromatic carbocycles. The quantitative estimate of drug-likeness (QED) is 0.0880. The van der Waals surface area contributed by atoms with Gasteiger partial charge in [0, 0.05) is 11.6 Å². The summed E-state index contributed by atoms with van der Waals surface area (Å²) in [6, 6.07) is 20.6. The van der Waals surface area contributed by atoms with E-state index in [-0.39, 0.29) is 11.2 Å². The van der Waals surface area contributed by atoms with Gasteiger partial charge in [-0.25, -0.2) is 13.6 Å². The maximum atomic E-state index is 14.6. The number of hydrogen-bond donors (Lipinski definition) is 1. The van der Waals surface area contributed by atoms with Crippen LogP contribution in [0.3, 0.4) is 0 Å². The number of benzene rings is 3. The standard InChI is InChI=1S/C32H34F4O7S2/c1-20(2)27-31(33,34)19-41-30(6,43-27)22-8-7-9-26(18-22)44(24-14-10-21(11-15-24)29(3,4)5)25-16-12-23(13-17-25)42-28(37)32(35,36)45(38,39)40/h7-18,20,27H,19H2,1-6H3/p+1. The van der Waals surface area contributed by atoms with E-state index in [9.17, 15) is 30.8 Å².